The van der Waals surface area contributed by atoms with Crippen LogP contribution in [0.4, 0.5) is 0 Å². The molecule has 1 aromatic heterocycles. The van der Waals surface area contributed by atoms with Gasteiger partial charge in [-0.1, -0.05) is 41.9 Å². The smallest absolute Gasteiger partial charge is 0.267 e. The first-order valence-corrected chi connectivity index (χ1v) is 6.95. The molecule has 0 atom stereocenters. The molecular formula is C17H13ClN2O. The molecule has 0 saturated carbocycles. The highest BCUT2D eigenvalue weighted by Crippen LogP contribution is 2.21. The van der Waals surface area contributed by atoms with Crippen molar-refractivity contribution < 1.29 is 4.79 Å². The zero-order valence-corrected chi connectivity index (χ0v) is 12.2. The summed E-state index contributed by atoms with van der Waals surface area (Å²) in [6.45, 7) is 1.87. The standard InChI is InChI=1S/C17H13ClN2O/c1-12-11-16(13-5-3-2-4-6-13)20(19-12)17(21)14-7-9-15(18)10-8-14/h2-11H,1H3. The average Bonchev–Trinajstić information content (AvgIpc) is 2.90. The molecule has 3 nitrogen and oxygen atoms in total. The normalized spacial score (nSPS) is 10.6. The van der Waals surface area contributed by atoms with Crippen molar-refractivity contribution in [3.63, 3.8) is 0 Å². The van der Waals surface area contributed by atoms with Crippen molar-refractivity contribution in [3.05, 3.63) is 76.9 Å². The van der Waals surface area contributed by atoms with Crippen molar-refractivity contribution in [2.75, 3.05) is 0 Å². The lowest BCUT2D eigenvalue weighted by molar-refractivity contribution is 0.0947. The number of carbonyl (C=O) groups is 1. The Morgan fingerprint density at radius 1 is 1.05 bits per heavy atom. The van der Waals surface area contributed by atoms with E-state index in [1.807, 2.05) is 43.3 Å². The second-order valence-corrected chi connectivity index (χ2v) is 5.20. The molecule has 2 aromatic carbocycles. The van der Waals surface area contributed by atoms with Crippen LogP contribution in [-0.2, 0) is 0 Å². The summed E-state index contributed by atoms with van der Waals surface area (Å²) in [6.07, 6.45) is 0. The second-order valence-electron chi connectivity index (χ2n) is 4.76. The van der Waals surface area contributed by atoms with Gasteiger partial charge in [-0.15, -0.1) is 0 Å². The largest absolute Gasteiger partial charge is 0.278 e. The van der Waals surface area contributed by atoms with Gasteiger partial charge in [-0.25, -0.2) is 0 Å². The van der Waals surface area contributed by atoms with E-state index in [4.69, 9.17) is 11.6 Å². The maximum Gasteiger partial charge on any atom is 0.278 e. The summed E-state index contributed by atoms with van der Waals surface area (Å²) >= 11 is 5.86. The van der Waals surface area contributed by atoms with Crippen molar-refractivity contribution >= 4 is 17.5 Å². The SMILES string of the molecule is Cc1cc(-c2ccccc2)n(C(=O)c2ccc(Cl)cc2)n1. The van der Waals surface area contributed by atoms with Gasteiger partial charge in [0.15, 0.2) is 0 Å². The highest BCUT2D eigenvalue weighted by Gasteiger charge is 2.16. The van der Waals surface area contributed by atoms with E-state index in [-0.39, 0.29) is 5.91 Å². The van der Waals surface area contributed by atoms with E-state index in [1.165, 1.54) is 4.68 Å². The number of benzene rings is 2. The fourth-order valence-corrected chi connectivity index (χ4v) is 2.31. The number of aromatic nitrogens is 2. The Morgan fingerprint density at radius 2 is 1.71 bits per heavy atom. The molecule has 0 amide bonds. The van der Waals surface area contributed by atoms with Gasteiger partial charge in [-0.2, -0.15) is 9.78 Å². The minimum Gasteiger partial charge on any atom is -0.267 e. The van der Waals surface area contributed by atoms with Crippen molar-refractivity contribution in [2.24, 2.45) is 0 Å². The predicted molar refractivity (Wildman–Crippen MR) is 83.6 cm³/mol. The van der Waals surface area contributed by atoms with Gasteiger partial charge >= 0.3 is 0 Å². The van der Waals surface area contributed by atoms with Crippen LogP contribution < -0.4 is 0 Å². The molecule has 0 saturated heterocycles. The molecule has 3 rings (SSSR count). The lowest BCUT2D eigenvalue weighted by Crippen LogP contribution is -2.15. The number of hydrogen-bond acceptors (Lipinski definition) is 2. The molecule has 0 N–H and O–H groups in total. The Balaban J connectivity index is 2.07. The van der Waals surface area contributed by atoms with E-state index in [0.717, 1.165) is 17.0 Å². The monoisotopic (exact) mass is 296 g/mol. The third-order valence-corrected chi connectivity index (χ3v) is 3.44. The van der Waals surface area contributed by atoms with Crippen molar-refractivity contribution in [1.29, 1.82) is 0 Å². The molecule has 0 spiro atoms. The van der Waals surface area contributed by atoms with E-state index in [1.54, 1.807) is 24.3 Å². The number of hydrogen-bond donors (Lipinski definition) is 0. The Labute approximate surface area is 127 Å². The van der Waals surface area contributed by atoms with Crippen molar-refractivity contribution in [3.8, 4) is 11.3 Å². The molecule has 104 valence electrons. The Morgan fingerprint density at radius 3 is 2.38 bits per heavy atom. The lowest BCUT2D eigenvalue weighted by Gasteiger charge is -2.06. The quantitative estimate of drug-likeness (QED) is 0.710. The van der Waals surface area contributed by atoms with E-state index in [0.29, 0.717) is 10.6 Å². The topological polar surface area (TPSA) is 34.9 Å². The summed E-state index contributed by atoms with van der Waals surface area (Å²) in [5.74, 6) is -0.168. The number of carbonyl (C=O) groups excluding carboxylic acids is 1. The molecule has 3 aromatic rings. The van der Waals surface area contributed by atoms with Crippen LogP contribution >= 0.6 is 11.6 Å². The van der Waals surface area contributed by atoms with Gasteiger partial charge < -0.3 is 0 Å². The maximum absolute atomic E-state index is 12.6. The van der Waals surface area contributed by atoms with E-state index >= 15 is 0 Å². The molecule has 0 bridgehead atoms. The molecular weight excluding hydrogens is 284 g/mol. The van der Waals surface area contributed by atoms with Crippen LogP contribution in [0.5, 0.6) is 0 Å². The molecule has 0 radical (unpaired) electrons. The first-order valence-electron chi connectivity index (χ1n) is 6.57. The van der Waals surface area contributed by atoms with Gasteiger partial charge in [0.25, 0.3) is 5.91 Å². The Bertz CT molecular complexity index is 776. The molecule has 0 fully saturated rings. The van der Waals surface area contributed by atoms with Gasteiger partial charge in [-0.3, -0.25) is 4.79 Å². The highest BCUT2D eigenvalue weighted by atomic mass is 35.5. The van der Waals surface area contributed by atoms with Crippen molar-refractivity contribution in [1.82, 2.24) is 9.78 Å². The van der Waals surface area contributed by atoms with Gasteiger partial charge in [0.2, 0.25) is 0 Å². The summed E-state index contributed by atoms with van der Waals surface area (Å²) < 4.78 is 1.44. The zero-order chi connectivity index (χ0) is 14.8. The number of aryl methyl sites for hydroxylation is 1. The average molecular weight is 297 g/mol. The molecule has 0 unspecified atom stereocenters. The molecule has 0 aliphatic rings. The molecule has 0 aliphatic carbocycles. The Hall–Kier alpha value is -2.39. The predicted octanol–water partition coefficient (Wildman–Crippen LogP) is 4.20. The highest BCUT2D eigenvalue weighted by molar-refractivity contribution is 6.30. The first kappa shape index (κ1) is 13.6. The Kier molecular flexibility index (Phi) is 3.59. The van der Waals surface area contributed by atoms with Crippen LogP contribution in [0.15, 0.2) is 60.7 Å². The van der Waals surface area contributed by atoms with Crippen LogP contribution in [0.2, 0.25) is 5.02 Å². The zero-order valence-electron chi connectivity index (χ0n) is 11.5. The fraction of sp³-hybridized carbons (Fsp3) is 0.0588. The molecule has 0 aliphatic heterocycles. The van der Waals surface area contributed by atoms with E-state index < -0.39 is 0 Å². The van der Waals surface area contributed by atoms with E-state index in [2.05, 4.69) is 5.10 Å². The van der Waals surface area contributed by atoms with Gasteiger partial charge in [-0.05, 0) is 37.3 Å². The van der Waals surface area contributed by atoms with Gasteiger partial charge in [0, 0.05) is 16.1 Å². The lowest BCUT2D eigenvalue weighted by atomic mass is 10.1. The molecule has 1 heterocycles. The minimum absolute atomic E-state index is 0.168. The summed E-state index contributed by atoms with van der Waals surface area (Å²) in [7, 11) is 0. The number of nitrogens with zero attached hydrogens (tertiary/aromatic N) is 2. The first-order chi connectivity index (χ1) is 10.1. The minimum atomic E-state index is -0.168. The maximum atomic E-state index is 12.6. The van der Waals surface area contributed by atoms with Crippen LogP contribution in [0.25, 0.3) is 11.3 Å². The molecule has 4 heteroatoms. The molecule has 21 heavy (non-hydrogen) atoms. The summed E-state index contributed by atoms with van der Waals surface area (Å²) in [5, 5.41) is 4.92. The number of rotatable bonds is 2. The second kappa shape index (κ2) is 5.54. The van der Waals surface area contributed by atoms with Crippen LogP contribution in [0, 0.1) is 6.92 Å². The third-order valence-electron chi connectivity index (χ3n) is 3.18. The van der Waals surface area contributed by atoms with Gasteiger partial charge in [0.1, 0.15) is 0 Å². The van der Waals surface area contributed by atoms with Crippen molar-refractivity contribution in [2.45, 2.75) is 6.92 Å². The fourth-order valence-electron chi connectivity index (χ4n) is 2.18. The van der Waals surface area contributed by atoms with Crippen LogP contribution in [-0.4, -0.2) is 15.7 Å². The van der Waals surface area contributed by atoms with E-state index in [9.17, 15) is 4.79 Å². The van der Waals surface area contributed by atoms with Gasteiger partial charge in [0.05, 0.1) is 11.4 Å². The summed E-state index contributed by atoms with van der Waals surface area (Å²) in [5.41, 5.74) is 3.10. The van der Waals surface area contributed by atoms with Crippen LogP contribution in [0.1, 0.15) is 16.1 Å². The summed E-state index contributed by atoms with van der Waals surface area (Å²) in [6, 6.07) is 18.5. The number of halogens is 1. The van der Waals surface area contributed by atoms with Crippen LogP contribution in [0.3, 0.4) is 0 Å². The third kappa shape index (κ3) is 2.73. The summed E-state index contributed by atoms with van der Waals surface area (Å²) in [4.78, 5) is 12.6.